The molecule has 2 N–H and O–H groups in total. The SMILES string of the molecule is CC1CCCCC1(CNC(=O)OC(C)(C)C)NC(=O)Cn1ccc(=O)c2ccccc21. The average Bonchev–Trinajstić information content (AvgIpc) is 2.70. The van der Waals surface area contributed by atoms with Crippen LogP contribution in [0.1, 0.15) is 53.4 Å². The van der Waals surface area contributed by atoms with Crippen molar-refractivity contribution in [2.24, 2.45) is 5.92 Å². The summed E-state index contributed by atoms with van der Waals surface area (Å²) in [5.74, 6) is 0.0689. The first-order valence-electron chi connectivity index (χ1n) is 11.0. The number of alkyl carbamates (subject to hydrolysis) is 1. The Labute approximate surface area is 183 Å². The Hall–Kier alpha value is -2.83. The van der Waals surface area contributed by atoms with E-state index in [0.29, 0.717) is 11.9 Å². The monoisotopic (exact) mass is 427 g/mol. The Bertz CT molecular complexity index is 1010. The van der Waals surface area contributed by atoms with Gasteiger partial charge in [0.2, 0.25) is 5.91 Å². The van der Waals surface area contributed by atoms with E-state index in [1.54, 1.807) is 16.8 Å². The molecule has 1 heterocycles. The van der Waals surface area contributed by atoms with Crippen molar-refractivity contribution in [3.05, 3.63) is 46.8 Å². The van der Waals surface area contributed by atoms with E-state index in [1.165, 1.54) is 6.07 Å². The molecule has 1 fully saturated rings. The molecular formula is C24H33N3O4. The number of carbonyl (C=O) groups excluding carboxylic acids is 2. The summed E-state index contributed by atoms with van der Waals surface area (Å²) < 4.78 is 7.16. The van der Waals surface area contributed by atoms with Crippen LogP contribution in [-0.2, 0) is 16.1 Å². The largest absolute Gasteiger partial charge is 0.444 e. The maximum atomic E-state index is 13.1. The van der Waals surface area contributed by atoms with E-state index < -0.39 is 17.2 Å². The van der Waals surface area contributed by atoms with Crippen LogP contribution in [0.2, 0.25) is 0 Å². The highest BCUT2D eigenvalue weighted by molar-refractivity contribution is 5.82. The van der Waals surface area contributed by atoms with Crippen LogP contribution in [-0.4, -0.2) is 34.3 Å². The highest BCUT2D eigenvalue weighted by Gasteiger charge is 2.40. The minimum Gasteiger partial charge on any atom is -0.444 e. The average molecular weight is 428 g/mol. The predicted octanol–water partition coefficient (Wildman–Crippen LogP) is 3.59. The van der Waals surface area contributed by atoms with E-state index in [2.05, 4.69) is 17.6 Å². The number of nitrogens with zero attached hydrogens (tertiary/aromatic N) is 1. The molecule has 7 heteroatoms. The summed E-state index contributed by atoms with van der Waals surface area (Å²) in [5.41, 5.74) is -0.445. The number of para-hydroxylation sites is 1. The Morgan fingerprint density at radius 1 is 1.19 bits per heavy atom. The molecule has 1 aliphatic carbocycles. The fourth-order valence-electron chi connectivity index (χ4n) is 4.32. The maximum absolute atomic E-state index is 13.1. The lowest BCUT2D eigenvalue weighted by Crippen LogP contribution is -2.61. The summed E-state index contributed by atoms with van der Waals surface area (Å²) in [5, 5.41) is 6.67. The standard InChI is InChI=1S/C24H33N3O4/c1-17-9-7-8-13-24(17,16-25-22(30)31-23(2,3)4)26-21(29)15-27-14-12-20(28)18-10-5-6-11-19(18)27/h5-6,10-12,14,17H,7-9,13,15-16H2,1-4H3,(H,25,30)(H,26,29). The number of hydrogen-bond donors (Lipinski definition) is 2. The van der Waals surface area contributed by atoms with Crippen LogP contribution >= 0.6 is 0 Å². The van der Waals surface area contributed by atoms with Crippen LogP contribution in [0.15, 0.2) is 41.3 Å². The second-order valence-electron chi connectivity index (χ2n) is 9.53. The number of fused-ring (bicyclic) bond motifs is 1. The van der Waals surface area contributed by atoms with Crippen molar-refractivity contribution < 1.29 is 14.3 Å². The number of aromatic nitrogens is 1. The molecule has 2 aromatic rings. The van der Waals surface area contributed by atoms with Crippen LogP contribution in [0.25, 0.3) is 10.9 Å². The number of pyridine rings is 1. The van der Waals surface area contributed by atoms with Crippen molar-refractivity contribution in [3.8, 4) is 0 Å². The maximum Gasteiger partial charge on any atom is 0.407 e. The lowest BCUT2D eigenvalue weighted by atomic mass is 9.73. The third-order valence-corrected chi connectivity index (χ3v) is 5.99. The van der Waals surface area contributed by atoms with Gasteiger partial charge in [-0.25, -0.2) is 4.79 Å². The van der Waals surface area contributed by atoms with E-state index in [9.17, 15) is 14.4 Å². The van der Waals surface area contributed by atoms with Gasteiger partial charge in [0, 0.05) is 24.2 Å². The minimum atomic E-state index is -0.579. The molecule has 1 saturated carbocycles. The van der Waals surface area contributed by atoms with Crippen LogP contribution in [0.3, 0.4) is 0 Å². The summed E-state index contributed by atoms with van der Waals surface area (Å²) >= 11 is 0. The van der Waals surface area contributed by atoms with Gasteiger partial charge in [0.25, 0.3) is 0 Å². The molecule has 3 rings (SSSR count). The molecule has 7 nitrogen and oxygen atoms in total. The van der Waals surface area contributed by atoms with E-state index in [4.69, 9.17) is 4.74 Å². The minimum absolute atomic E-state index is 0.0637. The normalized spacial score (nSPS) is 21.5. The fourth-order valence-corrected chi connectivity index (χ4v) is 4.32. The van der Waals surface area contributed by atoms with Gasteiger partial charge in [0.15, 0.2) is 5.43 Å². The highest BCUT2D eigenvalue weighted by Crippen LogP contribution is 2.33. The third kappa shape index (κ3) is 5.66. The van der Waals surface area contributed by atoms with Gasteiger partial charge in [0.1, 0.15) is 12.1 Å². The summed E-state index contributed by atoms with van der Waals surface area (Å²) in [4.78, 5) is 37.4. The molecule has 0 saturated heterocycles. The molecule has 1 aliphatic rings. The first-order chi connectivity index (χ1) is 14.6. The number of rotatable bonds is 5. The summed E-state index contributed by atoms with van der Waals surface area (Å²) in [6.45, 7) is 8.00. The van der Waals surface area contributed by atoms with E-state index in [0.717, 1.165) is 31.2 Å². The zero-order chi connectivity index (χ0) is 22.6. The van der Waals surface area contributed by atoms with Gasteiger partial charge in [-0.1, -0.05) is 31.9 Å². The molecule has 168 valence electrons. The van der Waals surface area contributed by atoms with Crippen molar-refractivity contribution in [2.45, 2.75) is 71.1 Å². The lowest BCUT2D eigenvalue weighted by Gasteiger charge is -2.43. The van der Waals surface area contributed by atoms with Crippen molar-refractivity contribution >= 4 is 22.9 Å². The van der Waals surface area contributed by atoms with Crippen molar-refractivity contribution in [3.63, 3.8) is 0 Å². The quantitative estimate of drug-likeness (QED) is 0.763. The van der Waals surface area contributed by atoms with Crippen molar-refractivity contribution in [2.75, 3.05) is 6.54 Å². The Balaban J connectivity index is 1.76. The smallest absolute Gasteiger partial charge is 0.407 e. The predicted molar refractivity (Wildman–Crippen MR) is 121 cm³/mol. The number of nitrogens with one attached hydrogen (secondary N) is 2. The summed E-state index contributed by atoms with van der Waals surface area (Å²) in [6.07, 6.45) is 5.04. The van der Waals surface area contributed by atoms with Crippen LogP contribution in [0.4, 0.5) is 4.79 Å². The van der Waals surface area contributed by atoms with E-state index >= 15 is 0 Å². The summed E-state index contributed by atoms with van der Waals surface area (Å²) in [6, 6.07) is 8.76. The molecule has 0 radical (unpaired) electrons. The molecule has 0 bridgehead atoms. The molecule has 2 atom stereocenters. The highest BCUT2D eigenvalue weighted by atomic mass is 16.6. The Morgan fingerprint density at radius 3 is 2.65 bits per heavy atom. The van der Waals surface area contributed by atoms with Gasteiger partial charge in [0.05, 0.1) is 11.1 Å². The fraction of sp³-hybridized carbons (Fsp3) is 0.542. The second kappa shape index (κ2) is 9.12. The number of carbonyl (C=O) groups is 2. The van der Waals surface area contributed by atoms with E-state index in [-0.39, 0.29) is 23.8 Å². The number of hydrogen-bond acceptors (Lipinski definition) is 4. The molecule has 2 amide bonds. The lowest BCUT2D eigenvalue weighted by molar-refractivity contribution is -0.124. The van der Waals surface area contributed by atoms with Gasteiger partial charge >= 0.3 is 6.09 Å². The van der Waals surface area contributed by atoms with Crippen LogP contribution in [0, 0.1) is 5.92 Å². The van der Waals surface area contributed by atoms with Gasteiger partial charge in [-0.15, -0.1) is 0 Å². The van der Waals surface area contributed by atoms with Gasteiger partial charge in [-0.2, -0.15) is 0 Å². The zero-order valence-corrected chi connectivity index (χ0v) is 18.9. The van der Waals surface area contributed by atoms with Crippen LogP contribution in [0.5, 0.6) is 0 Å². The molecule has 2 unspecified atom stereocenters. The number of benzene rings is 1. The van der Waals surface area contributed by atoms with Gasteiger partial charge in [-0.05, 0) is 51.7 Å². The molecule has 0 aliphatic heterocycles. The second-order valence-corrected chi connectivity index (χ2v) is 9.53. The number of ether oxygens (including phenoxy) is 1. The topological polar surface area (TPSA) is 89.4 Å². The van der Waals surface area contributed by atoms with Crippen molar-refractivity contribution in [1.29, 1.82) is 0 Å². The van der Waals surface area contributed by atoms with E-state index in [1.807, 2.05) is 39.0 Å². The van der Waals surface area contributed by atoms with Gasteiger partial charge in [-0.3, -0.25) is 9.59 Å². The first kappa shape index (κ1) is 22.8. The molecule has 1 aromatic heterocycles. The Morgan fingerprint density at radius 2 is 1.94 bits per heavy atom. The molecule has 0 spiro atoms. The first-order valence-corrected chi connectivity index (χ1v) is 11.0. The molecular weight excluding hydrogens is 394 g/mol. The van der Waals surface area contributed by atoms with Crippen LogP contribution < -0.4 is 16.1 Å². The number of amides is 2. The Kier molecular flexibility index (Phi) is 6.72. The zero-order valence-electron chi connectivity index (χ0n) is 18.9. The molecule has 1 aromatic carbocycles. The third-order valence-electron chi connectivity index (χ3n) is 5.99. The molecule has 31 heavy (non-hydrogen) atoms. The van der Waals surface area contributed by atoms with Gasteiger partial charge < -0.3 is 19.9 Å². The summed E-state index contributed by atoms with van der Waals surface area (Å²) in [7, 11) is 0. The van der Waals surface area contributed by atoms with Crippen molar-refractivity contribution in [1.82, 2.24) is 15.2 Å².